The number of imidazole rings is 2. The third-order valence-electron chi connectivity index (χ3n) is 11.7. The van der Waals surface area contributed by atoms with Gasteiger partial charge in [0.1, 0.15) is 35.3 Å². The third-order valence-corrected chi connectivity index (χ3v) is 11.7. The number of hydrogen-bond acceptors (Lipinski definition) is 9. The number of halogens is 2. The number of fused-ring (bicyclic) bond motifs is 5. The van der Waals surface area contributed by atoms with Gasteiger partial charge >= 0.3 is 12.2 Å². The van der Waals surface area contributed by atoms with Crippen LogP contribution < -0.4 is 15.4 Å². The standard InChI is InChI=1S/C42H47F2N9O7/c1-6-26(49-41(56)58-4)39(54)51-13-7-9-30(51)37-45-18-27(47-37)22-11-12-29-24(15-22)34(44)36-33-25(43)16-23(17-32(33)60-20-53(29)36)28-19-46-38(48-28)31-10-8-14-52(31)40(55)35(21(2)3)50-42(57)59-5/h11-12,15-19,21,26,30-31,35H,6-10,13-14,20H2,1-5H3,(H,45,47)(H,46,48)(H,49,56)(H,50,57). The number of benzene rings is 2. The van der Waals surface area contributed by atoms with E-state index in [2.05, 4.69) is 30.6 Å². The van der Waals surface area contributed by atoms with Gasteiger partial charge < -0.3 is 49.2 Å². The molecule has 4 atom stereocenters. The average molecular weight is 828 g/mol. The van der Waals surface area contributed by atoms with E-state index in [1.165, 1.54) is 20.3 Å². The summed E-state index contributed by atoms with van der Waals surface area (Å²) in [7, 11) is 2.49. The fraction of sp³-hybridized carbons (Fsp3) is 0.429. The zero-order chi connectivity index (χ0) is 42.4. The van der Waals surface area contributed by atoms with Crippen LogP contribution in [0.3, 0.4) is 0 Å². The van der Waals surface area contributed by atoms with E-state index in [1.54, 1.807) is 45.0 Å². The summed E-state index contributed by atoms with van der Waals surface area (Å²) in [5, 5.41) is 5.52. The summed E-state index contributed by atoms with van der Waals surface area (Å²) in [6, 6.07) is 5.97. The van der Waals surface area contributed by atoms with Gasteiger partial charge in [0.25, 0.3) is 0 Å². The SMILES string of the molecule is CCC(NC(=O)OC)C(=O)N1CCCC1c1ncc(-c2ccc3c(c2)c(F)c2n3COc3cc(-c4cnc(C5CCCN5C(=O)C(NC(=O)OC)C(C)C)[nH]4)cc(F)c3-2)[nH]1. The van der Waals surface area contributed by atoms with E-state index < -0.39 is 35.9 Å². The fourth-order valence-corrected chi connectivity index (χ4v) is 8.63. The third kappa shape index (κ3) is 7.17. The van der Waals surface area contributed by atoms with Crippen molar-refractivity contribution in [3.63, 3.8) is 0 Å². The first-order valence-corrected chi connectivity index (χ1v) is 20.1. The van der Waals surface area contributed by atoms with E-state index in [1.807, 2.05) is 26.8 Å². The van der Waals surface area contributed by atoms with Crippen LogP contribution in [0.4, 0.5) is 18.4 Å². The van der Waals surface area contributed by atoms with Crippen LogP contribution >= 0.6 is 0 Å². The Morgan fingerprint density at radius 1 is 0.867 bits per heavy atom. The van der Waals surface area contributed by atoms with Crippen LogP contribution in [0.25, 0.3) is 44.7 Å². The molecule has 6 heterocycles. The maximum atomic E-state index is 16.5. The number of carbonyl (C=O) groups excluding carboxylic acids is 4. The average Bonchev–Trinajstić information content (AvgIpc) is 4.11. The summed E-state index contributed by atoms with van der Waals surface area (Å²) < 4.78 is 49.9. The zero-order valence-corrected chi connectivity index (χ0v) is 33.9. The maximum Gasteiger partial charge on any atom is 0.407 e. The number of aromatic amines is 2. The molecule has 16 nitrogen and oxygen atoms in total. The second kappa shape index (κ2) is 16.3. The molecule has 4 N–H and O–H groups in total. The fourth-order valence-electron chi connectivity index (χ4n) is 8.63. The number of aromatic nitrogens is 5. The van der Waals surface area contributed by atoms with Crippen LogP contribution in [0.2, 0.25) is 0 Å². The van der Waals surface area contributed by atoms with Crippen LogP contribution in [0, 0.1) is 17.6 Å². The van der Waals surface area contributed by atoms with Gasteiger partial charge in [-0.25, -0.2) is 28.3 Å². The molecule has 18 heteroatoms. The first-order chi connectivity index (χ1) is 28.9. The lowest BCUT2D eigenvalue weighted by Gasteiger charge is -2.30. The second-order valence-electron chi connectivity index (χ2n) is 15.6. The Balaban J connectivity index is 1.03. The molecule has 0 aliphatic carbocycles. The number of H-pyrrole nitrogens is 2. The lowest BCUT2D eigenvalue weighted by atomic mass is 10.0. The molecule has 0 radical (unpaired) electrons. The molecule has 3 aliphatic heterocycles. The molecule has 3 aliphatic rings. The predicted molar refractivity (Wildman–Crippen MR) is 214 cm³/mol. The highest BCUT2D eigenvalue weighted by Gasteiger charge is 2.39. The van der Waals surface area contributed by atoms with Gasteiger partial charge in [-0.3, -0.25) is 9.59 Å². The molecule has 3 aromatic heterocycles. The topological polar surface area (TPSA) is 189 Å². The van der Waals surface area contributed by atoms with Gasteiger partial charge in [0.05, 0.1) is 66.9 Å². The van der Waals surface area contributed by atoms with Crippen molar-refractivity contribution in [3.05, 3.63) is 66.0 Å². The molecule has 4 amide bonds. The molecule has 2 fully saturated rings. The van der Waals surface area contributed by atoms with Crippen LogP contribution in [-0.4, -0.2) is 97.7 Å². The number of nitrogens with one attached hydrogen (secondary N) is 4. The first-order valence-electron chi connectivity index (χ1n) is 20.1. The van der Waals surface area contributed by atoms with Crippen molar-refractivity contribution in [3.8, 4) is 39.5 Å². The zero-order valence-electron chi connectivity index (χ0n) is 33.9. The van der Waals surface area contributed by atoms with Gasteiger partial charge in [0.15, 0.2) is 12.5 Å². The summed E-state index contributed by atoms with van der Waals surface area (Å²) >= 11 is 0. The molecule has 2 aromatic carbocycles. The minimum atomic E-state index is -0.786. The lowest BCUT2D eigenvalue weighted by Crippen LogP contribution is -2.51. The smallest absolute Gasteiger partial charge is 0.407 e. The van der Waals surface area contributed by atoms with Gasteiger partial charge in [-0.1, -0.05) is 26.8 Å². The Labute approximate surface area is 344 Å². The van der Waals surface area contributed by atoms with Crippen LogP contribution in [0.5, 0.6) is 5.75 Å². The van der Waals surface area contributed by atoms with Crippen molar-refractivity contribution < 1.29 is 42.2 Å². The Hall–Kier alpha value is -6.46. The van der Waals surface area contributed by atoms with E-state index in [-0.39, 0.29) is 58.9 Å². The molecular weight excluding hydrogens is 781 g/mol. The number of likely N-dealkylation sites (tertiary alicyclic amines) is 2. The minimum Gasteiger partial charge on any atom is -0.472 e. The molecule has 5 aromatic rings. The molecule has 316 valence electrons. The van der Waals surface area contributed by atoms with Crippen molar-refractivity contribution in [1.82, 2.24) is 44.9 Å². The molecule has 0 spiro atoms. The summed E-state index contributed by atoms with van der Waals surface area (Å²) in [6.45, 7) is 6.43. The molecule has 60 heavy (non-hydrogen) atoms. The Morgan fingerprint density at radius 2 is 1.48 bits per heavy atom. The van der Waals surface area contributed by atoms with Crippen LogP contribution in [0.15, 0.2) is 42.7 Å². The van der Waals surface area contributed by atoms with Crippen LogP contribution in [-0.2, 0) is 25.8 Å². The Morgan fingerprint density at radius 3 is 2.10 bits per heavy atom. The van der Waals surface area contributed by atoms with E-state index in [0.29, 0.717) is 72.0 Å². The normalized spacial score (nSPS) is 18.2. The van der Waals surface area contributed by atoms with Gasteiger partial charge in [-0.15, -0.1) is 0 Å². The number of alkyl carbamates (subject to hydrolysis) is 2. The summed E-state index contributed by atoms with van der Waals surface area (Å²) in [5.74, 6) is -0.679. The van der Waals surface area contributed by atoms with E-state index >= 15 is 8.78 Å². The van der Waals surface area contributed by atoms with Crippen molar-refractivity contribution in [2.45, 2.75) is 83.8 Å². The summed E-state index contributed by atoms with van der Waals surface area (Å²) in [4.78, 5) is 70.0. The number of amides is 4. The number of methoxy groups -OCH3 is 2. The number of hydrogen-bond donors (Lipinski definition) is 4. The summed E-state index contributed by atoms with van der Waals surface area (Å²) in [5.41, 5.74) is 2.76. The van der Waals surface area contributed by atoms with Crippen molar-refractivity contribution >= 4 is 34.9 Å². The number of nitrogens with zero attached hydrogens (tertiary/aromatic N) is 5. The lowest BCUT2D eigenvalue weighted by molar-refractivity contribution is -0.135. The van der Waals surface area contributed by atoms with Crippen molar-refractivity contribution in [2.75, 3.05) is 27.3 Å². The van der Waals surface area contributed by atoms with Crippen LogP contribution in [0.1, 0.15) is 76.6 Å². The van der Waals surface area contributed by atoms with E-state index in [4.69, 9.17) is 14.2 Å². The highest BCUT2D eigenvalue weighted by atomic mass is 19.1. The molecule has 0 bridgehead atoms. The maximum absolute atomic E-state index is 16.5. The van der Waals surface area contributed by atoms with Gasteiger partial charge in [0, 0.05) is 29.6 Å². The predicted octanol–water partition coefficient (Wildman–Crippen LogP) is 6.56. The number of carbonyl (C=O) groups is 4. The highest BCUT2D eigenvalue weighted by Crippen LogP contribution is 2.45. The molecular formula is C42H47F2N9O7. The molecule has 8 rings (SSSR count). The second-order valence-corrected chi connectivity index (χ2v) is 15.6. The van der Waals surface area contributed by atoms with Gasteiger partial charge in [0.2, 0.25) is 11.8 Å². The van der Waals surface area contributed by atoms with Gasteiger partial charge in [-0.2, -0.15) is 0 Å². The number of ether oxygens (including phenoxy) is 3. The quantitative estimate of drug-likeness (QED) is 0.121. The highest BCUT2D eigenvalue weighted by molar-refractivity contribution is 5.93. The van der Waals surface area contributed by atoms with Crippen molar-refractivity contribution in [2.24, 2.45) is 5.92 Å². The minimum absolute atomic E-state index is 0.00715. The largest absolute Gasteiger partial charge is 0.472 e. The molecule has 0 saturated carbocycles. The monoisotopic (exact) mass is 827 g/mol. The molecule has 4 unspecified atom stereocenters. The number of rotatable bonds is 10. The molecule has 2 saturated heterocycles. The van der Waals surface area contributed by atoms with E-state index in [9.17, 15) is 19.2 Å². The Bertz CT molecular complexity index is 2480. The van der Waals surface area contributed by atoms with Crippen molar-refractivity contribution in [1.29, 1.82) is 0 Å². The van der Waals surface area contributed by atoms with Gasteiger partial charge in [-0.05, 0) is 62.3 Å². The summed E-state index contributed by atoms with van der Waals surface area (Å²) in [6.07, 6.45) is 5.06. The van der Waals surface area contributed by atoms with E-state index in [0.717, 1.165) is 12.8 Å². The Kier molecular flexibility index (Phi) is 11.0. The first kappa shape index (κ1) is 40.3.